The Morgan fingerprint density at radius 3 is 0.797 bits per heavy atom. The summed E-state index contributed by atoms with van der Waals surface area (Å²) in [6, 6.07) is 92.7. The molecule has 0 N–H and O–H groups in total. The first-order valence-corrected chi connectivity index (χ1v) is 25.5. The van der Waals surface area contributed by atoms with Crippen LogP contribution in [0.2, 0.25) is 0 Å². The van der Waals surface area contributed by atoms with Crippen LogP contribution in [0.25, 0.3) is 111 Å². The molecule has 0 atom stereocenters. The summed E-state index contributed by atoms with van der Waals surface area (Å²) >= 11 is 0. The third-order valence-corrected chi connectivity index (χ3v) is 12.8. The van der Waals surface area contributed by atoms with Crippen molar-refractivity contribution >= 4 is 32.3 Å². The van der Waals surface area contributed by atoms with Gasteiger partial charge in [-0.3, -0.25) is 19.9 Å². The van der Waals surface area contributed by atoms with E-state index in [1.807, 2.05) is 188 Å². The molecule has 0 spiro atoms. The maximum Gasteiger partial charge on any atom is 3.00 e. The SMILES string of the molecule is [Ir+3].[c-]1ccccc1-c1ccccn1.[c-]1ccccc1-c1ccccn1.[c-]1ccccc1-c1ccccn1.c1ccc(-c2ccc(-c3ccc4c5ccc(-c6ccc(-c7ccccn7)nc6)cc5c5ccccc5c4c3)cn2)nc1. The van der Waals surface area contributed by atoms with Gasteiger partial charge in [0.25, 0.3) is 0 Å². The third kappa shape index (κ3) is 13.0. The number of rotatable bonds is 7. The molecule has 0 bridgehead atoms. The van der Waals surface area contributed by atoms with E-state index >= 15 is 0 Å². The van der Waals surface area contributed by atoms with Gasteiger partial charge in [0.05, 0.1) is 22.8 Å². The van der Waals surface area contributed by atoms with Crippen LogP contribution in [0.3, 0.4) is 0 Å². The standard InChI is InChI=1S/C38H24N4.3C11H8N.Ir/c1-2-8-30-29(7-1)33-21-25(27-13-17-37(41-23-27)35-9-3-5-19-39-35)11-15-31(33)32-16-12-26(22-34(30)32)28-14-18-38(42-24-28)36-10-4-6-20-40-36;3*1-2-6-10(7-3-1)11-8-4-5-9-12-11;/h1-24H;3*1-6,8-9H;/q;3*-1;+3. The van der Waals surface area contributed by atoms with Crippen molar-refractivity contribution in [3.63, 3.8) is 0 Å². The van der Waals surface area contributed by atoms with Gasteiger partial charge in [-0.05, 0) is 127 Å². The summed E-state index contributed by atoms with van der Waals surface area (Å²) in [5.41, 5.74) is 14.0. The molecule has 0 amide bonds. The Hall–Kier alpha value is -9.98. The van der Waals surface area contributed by atoms with Crippen molar-refractivity contribution in [3.8, 4) is 78.8 Å². The van der Waals surface area contributed by atoms with Crippen LogP contribution in [-0.4, -0.2) is 34.9 Å². The van der Waals surface area contributed by atoms with Crippen LogP contribution in [0.4, 0.5) is 0 Å². The van der Waals surface area contributed by atoms with Crippen molar-refractivity contribution < 1.29 is 20.1 Å². The molecule has 0 saturated heterocycles. The number of nitrogens with zero attached hydrogens (tertiary/aromatic N) is 7. The van der Waals surface area contributed by atoms with Gasteiger partial charge in [0.15, 0.2) is 0 Å². The van der Waals surface area contributed by atoms with Gasteiger partial charge in [-0.1, -0.05) is 109 Å². The Bertz CT molecular complexity index is 3660. The van der Waals surface area contributed by atoms with Crippen LogP contribution in [0.15, 0.2) is 292 Å². The molecule has 0 aliphatic heterocycles. The van der Waals surface area contributed by atoms with E-state index in [9.17, 15) is 0 Å². The van der Waals surface area contributed by atoms with E-state index < -0.39 is 0 Å². The molecule has 7 heterocycles. The summed E-state index contributed by atoms with van der Waals surface area (Å²) in [5.74, 6) is 0. The maximum absolute atomic E-state index is 4.71. The summed E-state index contributed by atoms with van der Waals surface area (Å²) < 4.78 is 0. The van der Waals surface area contributed by atoms with Gasteiger partial charge >= 0.3 is 20.1 Å². The summed E-state index contributed by atoms with van der Waals surface area (Å²) in [6.45, 7) is 0. The zero-order valence-electron chi connectivity index (χ0n) is 42.7. The van der Waals surface area contributed by atoms with Crippen molar-refractivity contribution in [1.29, 1.82) is 0 Å². The molecule has 7 aromatic carbocycles. The number of fused-ring (bicyclic) bond motifs is 6. The molecule has 0 aliphatic carbocycles. The number of pyridine rings is 7. The van der Waals surface area contributed by atoms with Gasteiger partial charge in [0, 0.05) is 54.5 Å². The predicted molar refractivity (Wildman–Crippen MR) is 317 cm³/mol. The largest absolute Gasteiger partial charge is 3.00 e. The summed E-state index contributed by atoms with van der Waals surface area (Å²) in [6.07, 6.45) is 12.8. The van der Waals surface area contributed by atoms with E-state index in [0.29, 0.717) is 0 Å². The van der Waals surface area contributed by atoms with Gasteiger partial charge in [-0.2, -0.15) is 0 Å². The number of hydrogen-bond donors (Lipinski definition) is 0. The van der Waals surface area contributed by atoms with Gasteiger partial charge in [0.2, 0.25) is 0 Å². The molecule has 8 heteroatoms. The van der Waals surface area contributed by atoms with Crippen molar-refractivity contribution in [1.82, 2.24) is 34.9 Å². The normalized spacial score (nSPS) is 10.4. The van der Waals surface area contributed by atoms with Crippen LogP contribution >= 0.6 is 0 Å². The van der Waals surface area contributed by atoms with E-state index in [-0.39, 0.29) is 20.1 Å². The fourth-order valence-corrected chi connectivity index (χ4v) is 9.00. The molecular weight excluding hydrogens is 1140 g/mol. The van der Waals surface area contributed by atoms with Gasteiger partial charge in [0.1, 0.15) is 0 Å². The molecule has 0 radical (unpaired) electrons. The Labute approximate surface area is 473 Å². The molecule has 0 unspecified atom stereocenters. The Morgan fingerprint density at radius 2 is 0.506 bits per heavy atom. The Morgan fingerprint density at radius 1 is 0.215 bits per heavy atom. The average molecular weight is 1190 g/mol. The number of hydrogen-bond acceptors (Lipinski definition) is 7. The molecule has 14 aromatic rings. The molecule has 7 nitrogen and oxygen atoms in total. The Balaban J connectivity index is 0.000000153. The van der Waals surface area contributed by atoms with Crippen LogP contribution in [-0.2, 0) is 20.1 Å². The van der Waals surface area contributed by atoms with E-state index in [1.54, 1.807) is 31.0 Å². The first-order chi connectivity index (χ1) is 38.7. The maximum atomic E-state index is 4.71. The smallest absolute Gasteiger partial charge is 0.305 e. The Kier molecular flexibility index (Phi) is 17.4. The second kappa shape index (κ2) is 26.2. The van der Waals surface area contributed by atoms with Crippen molar-refractivity contribution in [2.45, 2.75) is 0 Å². The first-order valence-electron chi connectivity index (χ1n) is 25.5. The van der Waals surface area contributed by atoms with E-state index in [4.69, 9.17) is 9.97 Å². The van der Waals surface area contributed by atoms with Crippen molar-refractivity contribution in [2.75, 3.05) is 0 Å². The van der Waals surface area contributed by atoms with Gasteiger partial charge in [-0.25, -0.2) is 0 Å². The molecule has 0 aliphatic rings. The molecule has 376 valence electrons. The summed E-state index contributed by atoms with van der Waals surface area (Å²) in [5, 5.41) is 7.42. The zero-order chi connectivity index (χ0) is 52.6. The molecule has 0 saturated carbocycles. The topological polar surface area (TPSA) is 90.2 Å². The second-order valence-electron chi connectivity index (χ2n) is 17.8. The summed E-state index contributed by atoms with van der Waals surface area (Å²) in [7, 11) is 0. The second-order valence-corrected chi connectivity index (χ2v) is 17.8. The quantitative estimate of drug-likeness (QED) is 0.116. The van der Waals surface area contributed by atoms with Crippen LogP contribution in [0.1, 0.15) is 0 Å². The predicted octanol–water partition coefficient (Wildman–Crippen LogP) is 17.0. The van der Waals surface area contributed by atoms with Gasteiger partial charge < -0.3 is 15.0 Å². The fourth-order valence-electron chi connectivity index (χ4n) is 9.00. The minimum absolute atomic E-state index is 0. The fraction of sp³-hybridized carbons (Fsp3) is 0. The minimum atomic E-state index is 0. The zero-order valence-corrected chi connectivity index (χ0v) is 45.1. The van der Waals surface area contributed by atoms with E-state index in [0.717, 1.165) is 78.8 Å². The number of aromatic nitrogens is 7. The van der Waals surface area contributed by atoms with Gasteiger partial charge in [-0.15, -0.1) is 108 Å². The molecule has 0 fully saturated rings. The van der Waals surface area contributed by atoms with Crippen LogP contribution in [0, 0.1) is 18.2 Å². The molecule has 79 heavy (non-hydrogen) atoms. The van der Waals surface area contributed by atoms with Crippen LogP contribution < -0.4 is 0 Å². The summed E-state index contributed by atoms with van der Waals surface area (Å²) in [4.78, 5) is 30.9. The third-order valence-electron chi connectivity index (χ3n) is 12.8. The van der Waals surface area contributed by atoms with Crippen molar-refractivity contribution in [2.24, 2.45) is 0 Å². The van der Waals surface area contributed by atoms with E-state index in [1.165, 1.54) is 32.3 Å². The molecule has 14 rings (SSSR count). The van der Waals surface area contributed by atoms with Crippen molar-refractivity contribution in [3.05, 3.63) is 310 Å². The molecular formula is C71H48IrN7. The minimum Gasteiger partial charge on any atom is -0.305 e. The van der Waals surface area contributed by atoms with Crippen LogP contribution in [0.5, 0.6) is 0 Å². The monoisotopic (exact) mass is 1190 g/mol. The number of benzene rings is 7. The average Bonchev–Trinajstić information content (AvgIpc) is 3.69. The molecule has 7 aromatic heterocycles. The first kappa shape index (κ1) is 52.5. The van der Waals surface area contributed by atoms with E-state index in [2.05, 4.69) is 116 Å².